The Bertz CT molecular complexity index is 667. The molecule has 0 aliphatic carbocycles. The van der Waals surface area contributed by atoms with Crippen molar-refractivity contribution in [2.24, 2.45) is 5.92 Å². The molecular formula is C20H27N3O3S. The van der Waals surface area contributed by atoms with Gasteiger partial charge in [0.1, 0.15) is 18.2 Å². The number of thioether (sulfide) groups is 1. The summed E-state index contributed by atoms with van der Waals surface area (Å²) in [7, 11) is 0. The molecule has 2 rings (SSSR count). The van der Waals surface area contributed by atoms with Gasteiger partial charge in [0, 0.05) is 0 Å². The van der Waals surface area contributed by atoms with Crippen molar-refractivity contribution in [2.45, 2.75) is 51.3 Å². The summed E-state index contributed by atoms with van der Waals surface area (Å²) in [5, 5.41) is 15.1. The molecule has 27 heavy (non-hydrogen) atoms. The molecule has 1 aliphatic rings. The molecule has 2 N–H and O–H groups in total. The molecular weight excluding hydrogens is 362 g/mol. The van der Waals surface area contributed by atoms with E-state index in [0.29, 0.717) is 19.3 Å². The molecule has 146 valence electrons. The molecule has 0 spiro atoms. The first-order chi connectivity index (χ1) is 12.9. The minimum Gasteiger partial charge on any atom is -0.445 e. The van der Waals surface area contributed by atoms with Gasteiger partial charge in [0.2, 0.25) is 5.91 Å². The fraction of sp³-hybridized carbons (Fsp3) is 0.550. The number of benzene rings is 1. The van der Waals surface area contributed by atoms with Crippen molar-refractivity contribution in [2.75, 3.05) is 11.5 Å². The summed E-state index contributed by atoms with van der Waals surface area (Å²) in [6.07, 6.45) is 1.08. The second-order valence-corrected chi connectivity index (χ2v) is 8.41. The molecule has 7 heteroatoms. The maximum Gasteiger partial charge on any atom is 0.408 e. The second-order valence-electron chi connectivity index (χ2n) is 7.18. The first kappa shape index (κ1) is 21.1. The van der Waals surface area contributed by atoms with E-state index in [9.17, 15) is 14.9 Å². The average Bonchev–Trinajstić information content (AvgIpc) is 2.67. The molecule has 1 aromatic rings. The highest BCUT2D eigenvalue weighted by molar-refractivity contribution is 7.99. The monoisotopic (exact) mass is 389 g/mol. The molecule has 0 saturated carbocycles. The first-order valence-corrected chi connectivity index (χ1v) is 10.4. The Morgan fingerprint density at radius 1 is 1.26 bits per heavy atom. The Hall–Kier alpha value is -2.20. The maximum atomic E-state index is 12.8. The predicted molar refractivity (Wildman–Crippen MR) is 106 cm³/mol. The van der Waals surface area contributed by atoms with Crippen molar-refractivity contribution in [3.63, 3.8) is 0 Å². The number of amides is 2. The van der Waals surface area contributed by atoms with E-state index < -0.39 is 17.7 Å². The molecule has 6 nitrogen and oxygen atoms in total. The number of alkyl carbamates (subject to hydrolysis) is 1. The number of hydrogen-bond acceptors (Lipinski definition) is 5. The zero-order chi connectivity index (χ0) is 19.7. The van der Waals surface area contributed by atoms with E-state index >= 15 is 0 Å². The van der Waals surface area contributed by atoms with Gasteiger partial charge in [0.05, 0.1) is 6.07 Å². The summed E-state index contributed by atoms with van der Waals surface area (Å²) in [5.74, 6) is 1.56. The summed E-state index contributed by atoms with van der Waals surface area (Å²) >= 11 is 1.78. The quantitative estimate of drug-likeness (QED) is 0.747. The number of rotatable bonds is 7. The van der Waals surface area contributed by atoms with Crippen LogP contribution in [-0.2, 0) is 16.1 Å². The molecule has 0 bridgehead atoms. The highest BCUT2D eigenvalue weighted by Gasteiger charge is 2.36. The molecule has 1 fully saturated rings. The summed E-state index contributed by atoms with van der Waals surface area (Å²) in [5.41, 5.74) is 0.0355. The molecule has 1 aromatic carbocycles. The van der Waals surface area contributed by atoms with Crippen molar-refractivity contribution in [1.82, 2.24) is 10.6 Å². The molecule has 1 atom stereocenters. The fourth-order valence-corrected chi connectivity index (χ4v) is 4.11. The van der Waals surface area contributed by atoms with Gasteiger partial charge in [0.15, 0.2) is 0 Å². The van der Waals surface area contributed by atoms with Crippen LogP contribution in [0.1, 0.15) is 38.7 Å². The molecule has 0 radical (unpaired) electrons. The van der Waals surface area contributed by atoms with E-state index in [-0.39, 0.29) is 18.4 Å². The van der Waals surface area contributed by atoms with Crippen LogP contribution in [0.5, 0.6) is 0 Å². The lowest BCUT2D eigenvalue weighted by Crippen LogP contribution is -2.56. The van der Waals surface area contributed by atoms with Crippen LogP contribution in [-0.4, -0.2) is 35.1 Å². The number of nitrogens with zero attached hydrogens (tertiary/aromatic N) is 1. The number of ether oxygens (including phenoxy) is 1. The number of nitriles is 1. The maximum absolute atomic E-state index is 12.8. The number of carbonyl (C=O) groups excluding carboxylic acids is 2. The van der Waals surface area contributed by atoms with Crippen LogP contribution in [0.15, 0.2) is 30.3 Å². The van der Waals surface area contributed by atoms with Gasteiger partial charge in [-0.1, -0.05) is 44.2 Å². The fourth-order valence-electron chi connectivity index (χ4n) is 2.92. The third-order valence-corrected chi connectivity index (χ3v) is 5.44. The molecule has 1 heterocycles. The Balaban J connectivity index is 1.95. The van der Waals surface area contributed by atoms with Gasteiger partial charge in [0.25, 0.3) is 0 Å². The predicted octanol–water partition coefficient (Wildman–Crippen LogP) is 3.23. The third kappa shape index (κ3) is 6.79. The molecule has 0 unspecified atom stereocenters. The van der Waals surface area contributed by atoms with Crippen molar-refractivity contribution < 1.29 is 14.3 Å². The van der Waals surface area contributed by atoms with E-state index in [1.165, 1.54) is 0 Å². The zero-order valence-corrected chi connectivity index (χ0v) is 16.7. The van der Waals surface area contributed by atoms with Gasteiger partial charge in [-0.3, -0.25) is 4.79 Å². The molecule has 1 aliphatic heterocycles. The van der Waals surface area contributed by atoms with Crippen LogP contribution in [0.2, 0.25) is 0 Å². The van der Waals surface area contributed by atoms with Gasteiger partial charge < -0.3 is 15.4 Å². The Kier molecular flexibility index (Phi) is 7.99. The zero-order valence-electron chi connectivity index (χ0n) is 15.9. The van der Waals surface area contributed by atoms with Crippen molar-refractivity contribution in [3.8, 4) is 6.07 Å². The van der Waals surface area contributed by atoms with Crippen LogP contribution >= 0.6 is 11.8 Å². The molecule has 1 saturated heterocycles. The van der Waals surface area contributed by atoms with Crippen LogP contribution in [0.3, 0.4) is 0 Å². The van der Waals surface area contributed by atoms with E-state index in [0.717, 1.165) is 17.1 Å². The largest absolute Gasteiger partial charge is 0.445 e. The standard InChI is InChI=1S/C20H27N3O3S/c1-15(2)12-17(18(24)23-20(14-21)8-10-27-11-9-20)22-19(25)26-13-16-6-4-3-5-7-16/h3-7,15,17H,8-13H2,1-2H3,(H,22,25)(H,23,24)/t17-/m0/s1. The summed E-state index contributed by atoms with van der Waals surface area (Å²) in [6, 6.07) is 10.9. The lowest BCUT2D eigenvalue weighted by molar-refractivity contribution is -0.125. The Morgan fingerprint density at radius 3 is 2.52 bits per heavy atom. The molecule has 2 amide bonds. The summed E-state index contributed by atoms with van der Waals surface area (Å²) in [4.78, 5) is 25.0. The van der Waals surface area contributed by atoms with Gasteiger partial charge in [-0.25, -0.2) is 4.79 Å². The SMILES string of the molecule is CC(C)C[C@H](NC(=O)OCc1ccccc1)C(=O)NC1(C#N)CCSCC1. The highest BCUT2D eigenvalue weighted by atomic mass is 32.2. The van der Waals surface area contributed by atoms with Crippen LogP contribution in [0.25, 0.3) is 0 Å². The van der Waals surface area contributed by atoms with Gasteiger partial charge in [-0.05, 0) is 42.2 Å². The number of hydrogen-bond donors (Lipinski definition) is 2. The molecule has 0 aromatic heterocycles. The minimum atomic E-state index is -0.840. The normalized spacial score (nSPS) is 16.8. The first-order valence-electron chi connectivity index (χ1n) is 9.22. The van der Waals surface area contributed by atoms with E-state index in [1.54, 1.807) is 11.8 Å². The summed E-state index contributed by atoms with van der Waals surface area (Å²) < 4.78 is 5.23. The second kappa shape index (κ2) is 10.2. The minimum absolute atomic E-state index is 0.141. The number of carbonyl (C=O) groups is 2. The average molecular weight is 390 g/mol. The Labute approximate surface area is 165 Å². The van der Waals surface area contributed by atoms with Crippen LogP contribution in [0, 0.1) is 17.2 Å². The Morgan fingerprint density at radius 2 is 1.93 bits per heavy atom. The van der Waals surface area contributed by atoms with Crippen LogP contribution in [0.4, 0.5) is 4.79 Å². The van der Waals surface area contributed by atoms with Crippen molar-refractivity contribution in [3.05, 3.63) is 35.9 Å². The van der Waals surface area contributed by atoms with Crippen LogP contribution < -0.4 is 10.6 Å². The van der Waals surface area contributed by atoms with Crippen molar-refractivity contribution >= 4 is 23.8 Å². The third-order valence-electron chi connectivity index (χ3n) is 4.45. The highest BCUT2D eigenvalue weighted by Crippen LogP contribution is 2.26. The van der Waals surface area contributed by atoms with Gasteiger partial charge in [-0.2, -0.15) is 17.0 Å². The smallest absolute Gasteiger partial charge is 0.408 e. The number of nitrogens with one attached hydrogen (secondary N) is 2. The van der Waals surface area contributed by atoms with Gasteiger partial charge in [-0.15, -0.1) is 0 Å². The lowest BCUT2D eigenvalue weighted by Gasteiger charge is -2.33. The topological polar surface area (TPSA) is 91.2 Å². The van der Waals surface area contributed by atoms with E-state index in [2.05, 4.69) is 16.7 Å². The van der Waals surface area contributed by atoms with Gasteiger partial charge >= 0.3 is 6.09 Å². The lowest BCUT2D eigenvalue weighted by atomic mass is 9.93. The van der Waals surface area contributed by atoms with E-state index in [4.69, 9.17) is 4.74 Å². The van der Waals surface area contributed by atoms with Crippen molar-refractivity contribution in [1.29, 1.82) is 5.26 Å². The summed E-state index contributed by atoms with van der Waals surface area (Å²) in [6.45, 7) is 4.10. The van der Waals surface area contributed by atoms with E-state index in [1.807, 2.05) is 44.2 Å².